The van der Waals surface area contributed by atoms with Crippen molar-refractivity contribution in [3.63, 3.8) is 0 Å². The fraction of sp³-hybridized carbons (Fsp3) is 0. The number of rotatable bonds is 2. The number of furan rings is 1. The molecule has 0 atom stereocenters. The van der Waals surface area contributed by atoms with Crippen LogP contribution < -0.4 is 120 Å². The highest BCUT2D eigenvalue weighted by atomic mass is 16.3. The molecular weight excluding hydrogens is 686 g/mol. The molecule has 8 aromatic rings. The van der Waals surface area contributed by atoms with Crippen LogP contribution >= 0.6 is 0 Å². The Bertz CT molecular complexity index is 3270. The van der Waals surface area contributed by atoms with Crippen LogP contribution in [0.5, 0.6) is 0 Å². The summed E-state index contributed by atoms with van der Waals surface area (Å²) in [7, 11) is 147. The smallest absolute Gasteiger partial charge is 0.127 e. The monoisotopic (exact) mass is 690 g/mol. The molecule has 8 rings (SSSR count). The van der Waals surface area contributed by atoms with Crippen molar-refractivity contribution < 1.29 is 4.42 Å². The third kappa shape index (κ3) is 5.30. The SMILES string of the molecule is [B]c1c([B])c([B])c2c(oc3c([B])c([B])c(-c4c5c([B])c([B])c([B])c([B])c5c(-c5c([B])c([B])c6c([B])c([B])c([B])c([B])c6c5[B])c5c([B])c([B])c([B])c([B])c45)c([B])c32)c1[B]. The molecule has 0 aliphatic rings. The average Bonchev–Trinajstić information content (AvgIpc) is 3.62. The first-order chi connectivity index (χ1) is 27.5. The molecule has 0 saturated carbocycles. The molecule has 7 aromatic carbocycles. The van der Waals surface area contributed by atoms with Gasteiger partial charge < -0.3 is 4.42 Å². The van der Waals surface area contributed by atoms with Crippen LogP contribution in [0.1, 0.15) is 0 Å². The summed E-state index contributed by atoms with van der Waals surface area (Å²) in [5.74, 6) is 0. The Morgan fingerprint density at radius 3 is 0.712 bits per heavy atom. The highest BCUT2D eigenvalue weighted by molar-refractivity contribution is 6.76. The topological polar surface area (TPSA) is 13.1 Å². The van der Waals surface area contributed by atoms with E-state index in [1.807, 2.05) is 0 Å². The van der Waals surface area contributed by atoms with Crippen LogP contribution in [0.4, 0.5) is 0 Å². The van der Waals surface area contributed by atoms with Crippen molar-refractivity contribution in [2.45, 2.75) is 0 Å². The number of fused-ring (bicyclic) bond motifs is 6. The van der Waals surface area contributed by atoms with Gasteiger partial charge in [-0.05, 0) is 54.6 Å². The van der Waals surface area contributed by atoms with Crippen molar-refractivity contribution in [3.05, 3.63) is 0 Å². The number of hydrogen-bond acceptors (Lipinski definition) is 1. The predicted octanol–water partition coefficient (Wildman–Crippen LogP) is -16.2. The molecule has 1 nitrogen and oxygen atoms in total. The van der Waals surface area contributed by atoms with E-state index in [9.17, 15) is 0 Å². The molecule has 0 fully saturated rings. The van der Waals surface area contributed by atoms with Crippen molar-refractivity contribution in [3.8, 4) is 22.3 Å². The second kappa shape index (κ2) is 14.0. The van der Waals surface area contributed by atoms with Gasteiger partial charge in [-0.1, -0.05) is 76.5 Å². The lowest BCUT2D eigenvalue weighted by atomic mass is 9.56. The van der Waals surface area contributed by atoms with E-state index in [-0.39, 0.29) is 197 Å². The van der Waals surface area contributed by atoms with E-state index in [1.165, 1.54) is 0 Å². The Balaban J connectivity index is 1.76. The van der Waals surface area contributed by atoms with E-state index in [2.05, 4.69) is 0 Å². The van der Waals surface area contributed by atoms with Crippen molar-refractivity contribution in [2.24, 2.45) is 0 Å². The summed E-state index contributed by atoms with van der Waals surface area (Å²) in [4.78, 5) is 0. The zero-order valence-electron chi connectivity index (χ0n) is 31.1. The van der Waals surface area contributed by atoms with Gasteiger partial charge >= 0.3 is 0 Å². The third-order valence-corrected chi connectivity index (χ3v) is 11.5. The number of benzene rings is 7. The molecule has 1 aromatic heterocycles. The van der Waals surface area contributed by atoms with Gasteiger partial charge in [0, 0.05) is 10.8 Å². The average molecular weight is 686 g/mol. The van der Waals surface area contributed by atoms with Crippen LogP contribution in [0.2, 0.25) is 0 Å². The molecule has 0 aliphatic heterocycles. The first-order valence-corrected chi connectivity index (χ1v) is 17.3. The lowest BCUT2D eigenvalue weighted by Crippen LogP contribution is -2.52. The minimum Gasteiger partial charge on any atom is -0.457 e. The molecule has 23 heteroatoms. The Hall–Kier alpha value is -3.45. The molecule has 216 valence electrons. The normalized spacial score (nSPS) is 11.9. The lowest BCUT2D eigenvalue weighted by Gasteiger charge is -2.32. The third-order valence-electron chi connectivity index (χ3n) is 11.5. The highest BCUT2D eigenvalue weighted by Crippen LogP contribution is 2.40. The van der Waals surface area contributed by atoms with Crippen LogP contribution in [0.25, 0.3) is 76.5 Å². The Morgan fingerprint density at radius 2 is 0.356 bits per heavy atom. The first kappa shape index (κ1) is 42.2. The van der Waals surface area contributed by atoms with Crippen molar-refractivity contribution in [2.75, 3.05) is 0 Å². The summed E-state index contributed by atoms with van der Waals surface area (Å²) >= 11 is 0. The van der Waals surface area contributed by atoms with E-state index >= 15 is 0 Å². The number of hydrogen-bond donors (Lipinski definition) is 0. The quantitative estimate of drug-likeness (QED) is 0.130. The van der Waals surface area contributed by atoms with Crippen molar-refractivity contribution in [1.82, 2.24) is 0 Å². The summed E-state index contributed by atoms with van der Waals surface area (Å²) in [6, 6.07) is 0. The van der Waals surface area contributed by atoms with E-state index in [0.717, 1.165) is 0 Å². The molecule has 0 bridgehead atoms. The van der Waals surface area contributed by atoms with E-state index in [1.54, 1.807) is 0 Å². The molecule has 59 heavy (non-hydrogen) atoms. The Morgan fingerprint density at radius 1 is 0.153 bits per heavy atom. The van der Waals surface area contributed by atoms with Gasteiger partial charge in [-0.25, -0.2) is 0 Å². The summed E-state index contributed by atoms with van der Waals surface area (Å²) in [6.07, 6.45) is 0. The summed E-state index contributed by atoms with van der Waals surface area (Å²) in [5, 5.41) is 0.754. The maximum absolute atomic E-state index is 7.14. The molecular formula is C36B22O. The fourth-order valence-corrected chi connectivity index (χ4v) is 8.31. The van der Waals surface area contributed by atoms with Gasteiger partial charge in [0.15, 0.2) is 0 Å². The minimum absolute atomic E-state index is 0.00354. The Labute approximate surface area is 371 Å². The van der Waals surface area contributed by atoms with Crippen molar-refractivity contribution >= 4 is 347 Å². The maximum Gasteiger partial charge on any atom is 0.127 e. The summed E-state index contributed by atoms with van der Waals surface area (Å²) in [6.45, 7) is 0. The minimum atomic E-state index is -0.144. The molecule has 1 heterocycles. The predicted molar refractivity (Wildman–Crippen MR) is 276 cm³/mol. The van der Waals surface area contributed by atoms with Crippen LogP contribution in [0.15, 0.2) is 4.42 Å². The van der Waals surface area contributed by atoms with Gasteiger partial charge in [-0.2, -0.15) is 0 Å². The molecule has 0 saturated heterocycles. The van der Waals surface area contributed by atoms with E-state index < -0.39 is 0 Å². The molecule has 0 unspecified atom stereocenters. The van der Waals surface area contributed by atoms with Crippen LogP contribution in [0, 0.1) is 0 Å². The Kier molecular flexibility index (Phi) is 10.1. The lowest BCUT2D eigenvalue weighted by molar-refractivity contribution is 0.675. The maximum atomic E-state index is 7.14. The van der Waals surface area contributed by atoms with Crippen LogP contribution in [0.3, 0.4) is 0 Å². The standard InChI is InChI=1S/C36B22O/c37-13-7(19(43)20(44)10-9(13)21(45)29(53)30(54)22(10)46)1-3-5(17(41)27(51)25(49)15(3)39)2(6-4(1)16(40)26(50)28(52)18(6)42)8-14(38)11-12-24(48)31(55)32(56)34(58)36(12)59-35(11)33(57)23(8)47. The second-order valence-electron chi connectivity index (χ2n) is 14.4. The largest absolute Gasteiger partial charge is 0.457 e. The molecule has 44 radical (unpaired) electrons. The first-order valence-electron chi connectivity index (χ1n) is 17.3. The summed E-state index contributed by atoms with van der Waals surface area (Å²) in [5.41, 5.74) is -1.92. The van der Waals surface area contributed by atoms with Crippen LogP contribution in [-0.2, 0) is 0 Å². The van der Waals surface area contributed by atoms with E-state index in [0.29, 0.717) is 0 Å². The van der Waals surface area contributed by atoms with Gasteiger partial charge in [0.1, 0.15) is 184 Å². The summed E-state index contributed by atoms with van der Waals surface area (Å²) < 4.78 is 6.13. The molecule has 0 spiro atoms. The zero-order valence-corrected chi connectivity index (χ0v) is 31.1. The second-order valence-corrected chi connectivity index (χ2v) is 14.4. The molecule has 0 N–H and O–H groups in total. The van der Waals surface area contributed by atoms with Gasteiger partial charge in [0.2, 0.25) is 0 Å². The fourth-order valence-electron chi connectivity index (χ4n) is 8.31. The highest BCUT2D eigenvalue weighted by Gasteiger charge is 2.30. The van der Waals surface area contributed by atoms with Gasteiger partial charge in [-0.3, -0.25) is 0 Å². The van der Waals surface area contributed by atoms with Gasteiger partial charge in [0.25, 0.3) is 0 Å². The molecule has 0 aliphatic carbocycles. The van der Waals surface area contributed by atoms with E-state index in [4.69, 9.17) is 177 Å². The van der Waals surface area contributed by atoms with Crippen LogP contribution in [-0.4, -0.2) is 173 Å². The van der Waals surface area contributed by atoms with Gasteiger partial charge in [0.05, 0.1) is 0 Å². The molecule has 0 amide bonds. The zero-order chi connectivity index (χ0) is 43.5. The van der Waals surface area contributed by atoms with Gasteiger partial charge in [-0.15, -0.1) is 43.7 Å². The van der Waals surface area contributed by atoms with Crippen molar-refractivity contribution in [1.29, 1.82) is 0 Å².